The summed E-state index contributed by atoms with van der Waals surface area (Å²) in [6.07, 6.45) is 0.542. The standard InChI is InChI=1S/C18H22F3N7O/c1-3-23-14-10(18(19,20)21)7-24-16(26-14)25-11-8-28(27-13(11)9-4-5-9)12-6-17(12,2)15(22)29/h7-9,12H,3-6H2,1-2H3,(H2,22,29)(H2,23,24,25,26)/t12-,17+/m1/s1. The first-order valence-electron chi connectivity index (χ1n) is 9.47. The van der Waals surface area contributed by atoms with Crippen LogP contribution in [0.3, 0.4) is 0 Å². The summed E-state index contributed by atoms with van der Waals surface area (Å²) in [5, 5.41) is 10.3. The number of nitrogens with two attached hydrogens (primary N) is 1. The van der Waals surface area contributed by atoms with Gasteiger partial charge in [-0.15, -0.1) is 0 Å². The Morgan fingerprint density at radius 2 is 2.14 bits per heavy atom. The fourth-order valence-corrected chi connectivity index (χ4v) is 3.39. The minimum atomic E-state index is -4.55. The molecule has 0 aromatic carbocycles. The van der Waals surface area contributed by atoms with Gasteiger partial charge in [-0.05, 0) is 33.1 Å². The SMILES string of the molecule is CCNc1nc(Nc2cn([C@@H]3C[C@]3(C)C(N)=O)nc2C2CC2)ncc1C(F)(F)F. The maximum atomic E-state index is 13.2. The summed E-state index contributed by atoms with van der Waals surface area (Å²) < 4.78 is 41.2. The molecular formula is C18H22F3N7O. The molecule has 2 aliphatic rings. The Labute approximate surface area is 165 Å². The van der Waals surface area contributed by atoms with Gasteiger partial charge >= 0.3 is 6.18 Å². The van der Waals surface area contributed by atoms with E-state index in [-0.39, 0.29) is 36.2 Å². The zero-order chi connectivity index (χ0) is 21.0. The van der Waals surface area contributed by atoms with Gasteiger partial charge in [0.1, 0.15) is 11.4 Å². The van der Waals surface area contributed by atoms with Crippen LogP contribution in [0, 0.1) is 5.41 Å². The maximum Gasteiger partial charge on any atom is 0.421 e. The van der Waals surface area contributed by atoms with Crippen molar-refractivity contribution in [3.8, 4) is 0 Å². The van der Waals surface area contributed by atoms with Crippen LogP contribution in [-0.2, 0) is 11.0 Å². The molecule has 4 N–H and O–H groups in total. The van der Waals surface area contributed by atoms with Crippen LogP contribution in [0.5, 0.6) is 0 Å². The lowest BCUT2D eigenvalue weighted by Gasteiger charge is -2.13. The number of amides is 1. The van der Waals surface area contributed by atoms with Crippen molar-refractivity contribution in [3.63, 3.8) is 0 Å². The smallest absolute Gasteiger partial charge is 0.370 e. The van der Waals surface area contributed by atoms with Gasteiger partial charge in [-0.2, -0.15) is 23.3 Å². The first-order chi connectivity index (χ1) is 13.6. The molecule has 2 aromatic heterocycles. The first kappa shape index (κ1) is 19.5. The predicted molar refractivity (Wildman–Crippen MR) is 99.6 cm³/mol. The van der Waals surface area contributed by atoms with Gasteiger partial charge < -0.3 is 16.4 Å². The number of aromatic nitrogens is 4. The van der Waals surface area contributed by atoms with Gasteiger partial charge in [-0.1, -0.05) is 0 Å². The van der Waals surface area contributed by atoms with E-state index < -0.39 is 17.2 Å². The Hall–Kier alpha value is -2.85. The lowest BCUT2D eigenvalue weighted by atomic mass is 10.1. The second kappa shape index (κ2) is 6.60. The Bertz CT molecular complexity index is 953. The second-order valence-electron chi connectivity index (χ2n) is 7.79. The van der Waals surface area contributed by atoms with E-state index in [1.54, 1.807) is 24.7 Å². The third-order valence-electron chi connectivity index (χ3n) is 5.48. The number of rotatable bonds is 7. The lowest BCUT2D eigenvalue weighted by molar-refractivity contribution is -0.137. The van der Waals surface area contributed by atoms with Gasteiger partial charge in [0.25, 0.3) is 0 Å². The average molecular weight is 409 g/mol. The Morgan fingerprint density at radius 3 is 2.69 bits per heavy atom. The molecule has 0 radical (unpaired) electrons. The van der Waals surface area contributed by atoms with Crippen LogP contribution in [0.2, 0.25) is 0 Å². The maximum absolute atomic E-state index is 13.2. The molecule has 8 nitrogen and oxygen atoms in total. The number of alkyl halides is 3. The van der Waals surface area contributed by atoms with Gasteiger partial charge in [-0.3, -0.25) is 9.48 Å². The Kier molecular flexibility index (Phi) is 4.43. The number of carbonyl (C=O) groups excluding carboxylic acids is 1. The summed E-state index contributed by atoms with van der Waals surface area (Å²) in [6, 6.07) is -0.126. The molecule has 2 atom stereocenters. The second-order valence-corrected chi connectivity index (χ2v) is 7.79. The van der Waals surface area contributed by atoms with E-state index in [1.165, 1.54) is 0 Å². The molecule has 2 aliphatic carbocycles. The molecule has 0 unspecified atom stereocenters. The monoisotopic (exact) mass is 409 g/mol. The highest BCUT2D eigenvalue weighted by Crippen LogP contribution is 2.56. The van der Waals surface area contributed by atoms with E-state index in [0.717, 1.165) is 24.7 Å². The van der Waals surface area contributed by atoms with E-state index >= 15 is 0 Å². The number of anilines is 3. The topological polar surface area (TPSA) is 111 Å². The molecule has 0 saturated heterocycles. The average Bonchev–Trinajstić information content (AvgIpc) is 3.54. The van der Waals surface area contributed by atoms with Gasteiger partial charge in [0.05, 0.1) is 22.8 Å². The molecule has 1 amide bonds. The molecule has 11 heteroatoms. The fourth-order valence-electron chi connectivity index (χ4n) is 3.39. The van der Waals surface area contributed by atoms with Crippen molar-refractivity contribution >= 4 is 23.4 Å². The largest absolute Gasteiger partial charge is 0.421 e. The zero-order valence-electron chi connectivity index (χ0n) is 16.0. The molecule has 156 valence electrons. The molecule has 2 heterocycles. The molecule has 0 bridgehead atoms. The summed E-state index contributed by atoms with van der Waals surface area (Å²) in [4.78, 5) is 19.5. The highest BCUT2D eigenvalue weighted by Gasteiger charge is 2.57. The number of hydrogen-bond donors (Lipinski definition) is 3. The minimum absolute atomic E-state index is 0.0452. The van der Waals surface area contributed by atoms with Crippen LogP contribution in [0.1, 0.15) is 56.3 Å². The molecule has 0 aliphatic heterocycles. The molecule has 29 heavy (non-hydrogen) atoms. The summed E-state index contributed by atoms with van der Waals surface area (Å²) >= 11 is 0. The van der Waals surface area contributed by atoms with Gasteiger partial charge in [-0.25, -0.2) is 4.98 Å². The minimum Gasteiger partial charge on any atom is -0.370 e. The van der Waals surface area contributed by atoms with Crippen LogP contribution < -0.4 is 16.4 Å². The van der Waals surface area contributed by atoms with E-state index in [9.17, 15) is 18.0 Å². The highest BCUT2D eigenvalue weighted by molar-refractivity contribution is 5.84. The van der Waals surface area contributed by atoms with Crippen LogP contribution >= 0.6 is 0 Å². The Balaban J connectivity index is 1.63. The first-order valence-corrected chi connectivity index (χ1v) is 9.47. The molecule has 2 saturated carbocycles. The number of carbonyl (C=O) groups is 1. The van der Waals surface area contributed by atoms with E-state index in [2.05, 4.69) is 25.7 Å². The molecular weight excluding hydrogens is 387 g/mol. The van der Waals surface area contributed by atoms with E-state index in [0.29, 0.717) is 12.1 Å². The summed E-state index contributed by atoms with van der Waals surface area (Å²) in [7, 11) is 0. The number of halogens is 3. The third-order valence-corrected chi connectivity index (χ3v) is 5.48. The van der Waals surface area contributed by atoms with Crippen LogP contribution in [-0.4, -0.2) is 32.2 Å². The zero-order valence-corrected chi connectivity index (χ0v) is 16.0. The Morgan fingerprint density at radius 1 is 1.41 bits per heavy atom. The fraction of sp³-hybridized carbons (Fsp3) is 0.556. The van der Waals surface area contributed by atoms with Gasteiger partial charge in [0.2, 0.25) is 11.9 Å². The van der Waals surface area contributed by atoms with Crippen molar-refractivity contribution in [1.29, 1.82) is 0 Å². The molecule has 0 spiro atoms. The van der Waals surface area contributed by atoms with Crippen LogP contribution in [0.25, 0.3) is 0 Å². The third kappa shape index (κ3) is 3.60. The summed E-state index contributed by atoms with van der Waals surface area (Å²) in [5.41, 5.74) is 5.37. The molecule has 2 aromatic rings. The van der Waals surface area contributed by atoms with Gasteiger partial charge in [0.15, 0.2) is 0 Å². The number of primary amides is 1. The van der Waals surface area contributed by atoms with Crippen molar-refractivity contribution in [1.82, 2.24) is 19.7 Å². The summed E-state index contributed by atoms with van der Waals surface area (Å²) in [5.74, 6) is -0.327. The van der Waals surface area contributed by atoms with Crippen LogP contribution in [0.4, 0.5) is 30.6 Å². The summed E-state index contributed by atoms with van der Waals surface area (Å²) in [6.45, 7) is 3.78. The normalized spacial score (nSPS) is 23.7. The highest BCUT2D eigenvalue weighted by atomic mass is 19.4. The number of hydrogen-bond acceptors (Lipinski definition) is 6. The number of nitrogens with one attached hydrogen (secondary N) is 2. The predicted octanol–water partition coefficient (Wildman–Crippen LogP) is 3.18. The van der Waals surface area contributed by atoms with Crippen molar-refractivity contribution in [2.75, 3.05) is 17.2 Å². The molecule has 4 rings (SSSR count). The van der Waals surface area contributed by atoms with Crippen molar-refractivity contribution in [2.45, 2.75) is 51.2 Å². The van der Waals surface area contributed by atoms with E-state index in [1.807, 2.05) is 0 Å². The molecule has 2 fully saturated rings. The van der Waals surface area contributed by atoms with Crippen LogP contribution in [0.15, 0.2) is 12.4 Å². The lowest BCUT2D eigenvalue weighted by Crippen LogP contribution is -2.24. The van der Waals surface area contributed by atoms with Crippen molar-refractivity contribution < 1.29 is 18.0 Å². The van der Waals surface area contributed by atoms with Crippen molar-refractivity contribution in [2.24, 2.45) is 11.1 Å². The van der Waals surface area contributed by atoms with Gasteiger partial charge in [0, 0.05) is 24.9 Å². The quantitative estimate of drug-likeness (QED) is 0.648. The van der Waals surface area contributed by atoms with Crippen molar-refractivity contribution in [3.05, 3.63) is 23.7 Å². The number of nitrogens with zero attached hydrogens (tertiary/aromatic N) is 4. The van der Waals surface area contributed by atoms with E-state index in [4.69, 9.17) is 5.73 Å².